The van der Waals surface area contributed by atoms with Gasteiger partial charge in [-0.25, -0.2) is 13.4 Å². The number of hydrogen-bond acceptors (Lipinski definition) is 4. The van der Waals surface area contributed by atoms with Gasteiger partial charge in [-0.3, -0.25) is 4.79 Å². The minimum Gasteiger partial charge on any atom is -0.342 e. The van der Waals surface area contributed by atoms with Gasteiger partial charge in [-0.2, -0.15) is 4.72 Å². The van der Waals surface area contributed by atoms with Crippen molar-refractivity contribution in [1.82, 2.24) is 14.6 Å². The molecule has 8 heteroatoms. The van der Waals surface area contributed by atoms with E-state index in [-0.39, 0.29) is 16.0 Å². The average Bonchev–Trinajstić information content (AvgIpc) is 2.39. The van der Waals surface area contributed by atoms with Crippen molar-refractivity contribution in [2.24, 2.45) is 0 Å². The van der Waals surface area contributed by atoms with E-state index in [4.69, 9.17) is 11.6 Å². The number of halogens is 1. The molecule has 1 atom stereocenters. The van der Waals surface area contributed by atoms with Crippen LogP contribution in [0.2, 0.25) is 5.15 Å². The Kier molecular flexibility index (Phi) is 5.91. The molecule has 0 aromatic carbocycles. The fourth-order valence-corrected chi connectivity index (χ4v) is 3.16. The maximum Gasteiger partial charge on any atom is 0.241 e. The van der Waals surface area contributed by atoms with Crippen molar-refractivity contribution in [2.45, 2.75) is 31.7 Å². The van der Waals surface area contributed by atoms with E-state index in [9.17, 15) is 13.2 Å². The molecule has 0 aliphatic heterocycles. The van der Waals surface area contributed by atoms with Crippen LogP contribution in [0.15, 0.2) is 23.2 Å². The van der Waals surface area contributed by atoms with Crippen molar-refractivity contribution in [1.29, 1.82) is 0 Å². The summed E-state index contributed by atoms with van der Waals surface area (Å²) in [5.74, 6) is -0.265. The Balaban J connectivity index is 2.89. The van der Waals surface area contributed by atoms with E-state index in [1.165, 1.54) is 25.3 Å². The number of likely N-dealkylation sites (N-methyl/N-ethyl adjacent to an activating group) is 1. The predicted molar refractivity (Wildman–Crippen MR) is 77.0 cm³/mol. The Morgan fingerprint density at radius 2 is 2.05 bits per heavy atom. The minimum absolute atomic E-state index is 0.0169. The van der Waals surface area contributed by atoms with Crippen LogP contribution in [0.25, 0.3) is 0 Å². The van der Waals surface area contributed by atoms with Crippen LogP contribution < -0.4 is 4.72 Å². The van der Waals surface area contributed by atoms with Gasteiger partial charge >= 0.3 is 0 Å². The van der Waals surface area contributed by atoms with Gasteiger partial charge in [-0.05, 0) is 32.9 Å². The summed E-state index contributed by atoms with van der Waals surface area (Å²) in [6, 6.07) is 1.72. The number of amides is 1. The largest absolute Gasteiger partial charge is 0.342 e. The zero-order valence-electron chi connectivity index (χ0n) is 11.6. The molecule has 112 valence electrons. The second kappa shape index (κ2) is 7.01. The Bertz CT molecular complexity index is 573. The maximum absolute atomic E-state index is 12.1. The number of pyridine rings is 1. The summed E-state index contributed by atoms with van der Waals surface area (Å²) in [7, 11) is -3.80. The van der Waals surface area contributed by atoms with Crippen molar-refractivity contribution in [3.63, 3.8) is 0 Å². The minimum atomic E-state index is -3.80. The Hall–Kier alpha value is -1.18. The normalized spacial score (nSPS) is 13.0. The first-order valence-corrected chi connectivity index (χ1v) is 8.10. The van der Waals surface area contributed by atoms with Gasteiger partial charge in [0.2, 0.25) is 15.9 Å². The summed E-state index contributed by atoms with van der Waals surface area (Å²) in [6.07, 6.45) is 1.30. The molecule has 1 N–H and O–H groups in total. The van der Waals surface area contributed by atoms with Crippen molar-refractivity contribution in [3.05, 3.63) is 23.5 Å². The lowest BCUT2D eigenvalue weighted by molar-refractivity contribution is -0.132. The van der Waals surface area contributed by atoms with E-state index in [0.717, 1.165) is 0 Å². The number of carbonyl (C=O) groups is 1. The highest BCUT2D eigenvalue weighted by Gasteiger charge is 2.24. The first kappa shape index (κ1) is 16.9. The lowest BCUT2D eigenvalue weighted by atomic mass is 10.3. The molecule has 1 aromatic heterocycles. The van der Waals surface area contributed by atoms with E-state index >= 15 is 0 Å². The summed E-state index contributed by atoms with van der Waals surface area (Å²) in [6.45, 7) is 6.25. The van der Waals surface area contributed by atoms with Crippen LogP contribution in [0.4, 0.5) is 0 Å². The molecule has 1 rings (SSSR count). The fourth-order valence-electron chi connectivity index (χ4n) is 1.71. The van der Waals surface area contributed by atoms with Crippen LogP contribution in [0.3, 0.4) is 0 Å². The summed E-state index contributed by atoms with van der Waals surface area (Å²) >= 11 is 5.67. The van der Waals surface area contributed by atoms with Crippen LogP contribution in [-0.2, 0) is 14.8 Å². The number of sulfonamides is 1. The molecule has 0 radical (unpaired) electrons. The molecule has 6 nitrogen and oxygen atoms in total. The molecule has 0 aliphatic carbocycles. The van der Waals surface area contributed by atoms with Gasteiger partial charge in [0.15, 0.2) is 0 Å². The Morgan fingerprint density at radius 1 is 1.45 bits per heavy atom. The molecular weight excluding hydrogens is 302 g/mol. The van der Waals surface area contributed by atoms with Gasteiger partial charge in [0.05, 0.1) is 10.9 Å². The average molecular weight is 320 g/mol. The van der Waals surface area contributed by atoms with E-state index in [1.807, 2.05) is 13.8 Å². The van der Waals surface area contributed by atoms with Crippen molar-refractivity contribution in [2.75, 3.05) is 13.1 Å². The highest BCUT2D eigenvalue weighted by atomic mass is 35.5. The summed E-state index contributed by atoms with van der Waals surface area (Å²) in [4.78, 5) is 17.3. The van der Waals surface area contributed by atoms with E-state index in [2.05, 4.69) is 9.71 Å². The molecule has 1 heterocycles. The standard InChI is InChI=1S/C12H18ClN3O3S/c1-4-16(5-2)12(17)9(3)15-20(18,19)10-6-7-14-11(13)8-10/h6-9,15H,4-5H2,1-3H3. The van der Waals surface area contributed by atoms with Gasteiger partial charge in [-0.15, -0.1) is 0 Å². The number of nitrogens with zero attached hydrogens (tertiary/aromatic N) is 2. The zero-order valence-corrected chi connectivity index (χ0v) is 13.2. The van der Waals surface area contributed by atoms with E-state index in [0.29, 0.717) is 13.1 Å². The number of rotatable bonds is 6. The molecule has 1 amide bonds. The van der Waals surface area contributed by atoms with Gasteiger partial charge in [0.1, 0.15) is 5.15 Å². The molecule has 1 aromatic rings. The third-order valence-electron chi connectivity index (χ3n) is 2.79. The van der Waals surface area contributed by atoms with Crippen LogP contribution in [0.1, 0.15) is 20.8 Å². The van der Waals surface area contributed by atoms with Crippen LogP contribution in [0.5, 0.6) is 0 Å². The van der Waals surface area contributed by atoms with Crippen molar-refractivity contribution in [3.8, 4) is 0 Å². The smallest absolute Gasteiger partial charge is 0.241 e. The number of nitrogens with one attached hydrogen (secondary N) is 1. The molecular formula is C12H18ClN3O3S. The molecule has 1 unspecified atom stereocenters. The molecule has 0 spiro atoms. The maximum atomic E-state index is 12.1. The molecule has 20 heavy (non-hydrogen) atoms. The summed E-state index contributed by atoms with van der Waals surface area (Å²) < 4.78 is 26.6. The topological polar surface area (TPSA) is 79.4 Å². The van der Waals surface area contributed by atoms with Crippen molar-refractivity contribution >= 4 is 27.5 Å². The van der Waals surface area contributed by atoms with Gasteiger partial charge < -0.3 is 4.90 Å². The SMILES string of the molecule is CCN(CC)C(=O)C(C)NS(=O)(=O)c1ccnc(Cl)c1. The van der Waals surface area contributed by atoms with Crippen LogP contribution >= 0.6 is 11.6 Å². The number of carbonyl (C=O) groups excluding carboxylic acids is 1. The van der Waals surface area contributed by atoms with Crippen molar-refractivity contribution < 1.29 is 13.2 Å². The molecule has 0 saturated carbocycles. The Labute approximate surface area is 124 Å². The monoisotopic (exact) mass is 319 g/mol. The predicted octanol–water partition coefficient (Wildman–Crippen LogP) is 1.27. The highest BCUT2D eigenvalue weighted by molar-refractivity contribution is 7.89. The van der Waals surface area contributed by atoms with Gasteiger partial charge in [0.25, 0.3) is 0 Å². The second-order valence-corrected chi connectivity index (χ2v) is 6.27. The lowest BCUT2D eigenvalue weighted by Gasteiger charge is -2.23. The third-order valence-corrected chi connectivity index (χ3v) is 4.53. The van der Waals surface area contributed by atoms with E-state index < -0.39 is 16.1 Å². The van der Waals surface area contributed by atoms with Crippen LogP contribution in [0, 0.1) is 0 Å². The second-order valence-electron chi connectivity index (χ2n) is 4.17. The molecule has 0 saturated heterocycles. The Morgan fingerprint density at radius 3 is 2.55 bits per heavy atom. The summed E-state index contributed by atoms with van der Waals surface area (Å²) in [5.41, 5.74) is 0. The quantitative estimate of drug-likeness (QED) is 0.801. The number of aromatic nitrogens is 1. The summed E-state index contributed by atoms with van der Waals surface area (Å²) in [5, 5.41) is 0.0793. The third kappa shape index (κ3) is 4.16. The molecule has 0 aliphatic rings. The van der Waals surface area contributed by atoms with E-state index in [1.54, 1.807) is 4.90 Å². The first-order valence-electron chi connectivity index (χ1n) is 6.24. The zero-order chi connectivity index (χ0) is 15.3. The highest BCUT2D eigenvalue weighted by Crippen LogP contribution is 2.13. The van der Waals surface area contributed by atoms with Crippen LogP contribution in [-0.4, -0.2) is 43.3 Å². The molecule has 0 fully saturated rings. The number of hydrogen-bond donors (Lipinski definition) is 1. The lowest BCUT2D eigenvalue weighted by Crippen LogP contribution is -2.46. The van der Waals surface area contributed by atoms with Gasteiger partial charge in [0, 0.05) is 19.3 Å². The first-order chi connectivity index (χ1) is 9.31. The molecule has 0 bridgehead atoms. The fraction of sp³-hybridized carbons (Fsp3) is 0.500. The van der Waals surface area contributed by atoms with Gasteiger partial charge in [-0.1, -0.05) is 11.6 Å².